The highest BCUT2D eigenvalue weighted by Crippen LogP contribution is 2.37. The van der Waals surface area contributed by atoms with E-state index in [1.54, 1.807) is 0 Å². The number of hydrogen-bond donors (Lipinski definition) is 1. The van der Waals surface area contributed by atoms with Crippen LogP contribution in [-0.2, 0) is 13.0 Å². The van der Waals surface area contributed by atoms with Gasteiger partial charge in [0.1, 0.15) is 22.9 Å². The molecule has 3 heteroatoms. The Kier molecular flexibility index (Phi) is 2.86. The number of hydrogen-bond acceptors (Lipinski definition) is 3. The van der Waals surface area contributed by atoms with E-state index in [9.17, 15) is 0 Å². The molecule has 0 fully saturated rings. The fourth-order valence-electron chi connectivity index (χ4n) is 2.57. The lowest BCUT2D eigenvalue weighted by Crippen LogP contribution is -2.24. The summed E-state index contributed by atoms with van der Waals surface area (Å²) < 4.78 is 11.7. The monoisotopic (exact) mass is 257 g/mol. The van der Waals surface area contributed by atoms with Crippen LogP contribution in [0.1, 0.15) is 25.2 Å². The first-order valence-corrected chi connectivity index (χ1v) is 6.63. The third kappa shape index (κ3) is 2.38. The summed E-state index contributed by atoms with van der Waals surface area (Å²) in [4.78, 5) is 0. The zero-order valence-electron chi connectivity index (χ0n) is 11.6. The van der Waals surface area contributed by atoms with Crippen molar-refractivity contribution < 1.29 is 9.15 Å². The van der Waals surface area contributed by atoms with Crippen molar-refractivity contribution in [2.24, 2.45) is 0 Å². The second-order valence-corrected chi connectivity index (χ2v) is 5.66. The minimum absolute atomic E-state index is 0.0958. The molecule has 0 spiro atoms. The molecule has 0 amide bonds. The third-order valence-electron chi connectivity index (χ3n) is 3.36. The third-order valence-corrected chi connectivity index (χ3v) is 3.36. The van der Waals surface area contributed by atoms with Gasteiger partial charge in [-0.25, -0.2) is 0 Å². The highest BCUT2D eigenvalue weighted by atomic mass is 16.5. The largest absolute Gasteiger partial charge is 0.487 e. The van der Waals surface area contributed by atoms with Gasteiger partial charge in [-0.15, -0.1) is 0 Å². The van der Waals surface area contributed by atoms with Gasteiger partial charge in [0.05, 0.1) is 6.54 Å². The van der Waals surface area contributed by atoms with Crippen molar-refractivity contribution >= 4 is 0 Å². The number of ether oxygens (including phenoxy) is 1. The van der Waals surface area contributed by atoms with Crippen molar-refractivity contribution in [3.8, 4) is 17.1 Å². The molecule has 0 radical (unpaired) electrons. The van der Waals surface area contributed by atoms with Crippen molar-refractivity contribution in [1.29, 1.82) is 0 Å². The molecule has 0 saturated heterocycles. The Bertz CT molecular complexity index is 599. The number of rotatable bonds is 3. The Morgan fingerprint density at radius 1 is 1.21 bits per heavy atom. The quantitative estimate of drug-likeness (QED) is 0.915. The van der Waals surface area contributed by atoms with Gasteiger partial charge in [-0.1, -0.05) is 0 Å². The molecule has 3 nitrogen and oxygen atoms in total. The molecule has 19 heavy (non-hydrogen) atoms. The number of nitrogens with one attached hydrogen (secondary N) is 1. The van der Waals surface area contributed by atoms with Crippen LogP contribution in [0.3, 0.4) is 0 Å². The first kappa shape index (κ1) is 12.3. The van der Waals surface area contributed by atoms with E-state index in [2.05, 4.69) is 31.3 Å². The van der Waals surface area contributed by atoms with Crippen LogP contribution in [0.25, 0.3) is 11.3 Å². The zero-order valence-corrected chi connectivity index (χ0v) is 11.6. The average Bonchev–Trinajstić information content (AvgIpc) is 2.90. The second kappa shape index (κ2) is 4.42. The van der Waals surface area contributed by atoms with Gasteiger partial charge in [-0.2, -0.15) is 0 Å². The second-order valence-electron chi connectivity index (χ2n) is 5.66. The summed E-state index contributed by atoms with van der Waals surface area (Å²) in [5.41, 5.74) is 2.28. The standard InChI is InChI=1S/C16H19NO2/c1-16(2)9-12-8-11(4-6-15(12)19-16)14-7-5-13(18-14)10-17-3/h4-8,17H,9-10H2,1-3H3. The lowest BCUT2D eigenvalue weighted by Gasteiger charge is -2.16. The Morgan fingerprint density at radius 3 is 2.84 bits per heavy atom. The van der Waals surface area contributed by atoms with Gasteiger partial charge in [0.15, 0.2) is 0 Å². The van der Waals surface area contributed by atoms with Gasteiger partial charge in [0.2, 0.25) is 0 Å². The SMILES string of the molecule is CNCc1ccc(-c2ccc3c(c2)CC(C)(C)O3)o1. The Labute approximate surface area is 113 Å². The van der Waals surface area contributed by atoms with E-state index in [4.69, 9.17) is 9.15 Å². The summed E-state index contributed by atoms with van der Waals surface area (Å²) in [6.45, 7) is 4.98. The molecule has 1 aromatic carbocycles. The molecule has 0 unspecified atom stereocenters. The maximum atomic E-state index is 5.89. The number of benzene rings is 1. The normalized spacial score (nSPS) is 16.2. The summed E-state index contributed by atoms with van der Waals surface area (Å²) in [5.74, 6) is 2.86. The van der Waals surface area contributed by atoms with Crippen molar-refractivity contribution in [2.75, 3.05) is 7.05 Å². The van der Waals surface area contributed by atoms with Gasteiger partial charge in [-0.3, -0.25) is 0 Å². The first-order chi connectivity index (χ1) is 9.07. The highest BCUT2D eigenvalue weighted by molar-refractivity contribution is 5.61. The van der Waals surface area contributed by atoms with Crippen LogP contribution in [0.4, 0.5) is 0 Å². The van der Waals surface area contributed by atoms with Crippen molar-refractivity contribution in [2.45, 2.75) is 32.4 Å². The highest BCUT2D eigenvalue weighted by Gasteiger charge is 2.30. The Balaban J connectivity index is 1.90. The smallest absolute Gasteiger partial charge is 0.134 e. The summed E-state index contributed by atoms with van der Waals surface area (Å²) in [5, 5.41) is 3.09. The van der Waals surface area contributed by atoms with Gasteiger partial charge < -0.3 is 14.5 Å². The molecule has 0 bridgehead atoms. The summed E-state index contributed by atoms with van der Waals surface area (Å²) in [6.07, 6.45) is 0.945. The van der Waals surface area contributed by atoms with E-state index >= 15 is 0 Å². The molecule has 1 aliphatic heterocycles. The van der Waals surface area contributed by atoms with E-state index in [1.807, 2.05) is 25.2 Å². The predicted octanol–water partition coefficient (Wildman–Crippen LogP) is 3.38. The van der Waals surface area contributed by atoms with Crippen LogP contribution >= 0.6 is 0 Å². The fraction of sp³-hybridized carbons (Fsp3) is 0.375. The Hall–Kier alpha value is -1.74. The summed E-state index contributed by atoms with van der Waals surface area (Å²) in [7, 11) is 1.91. The Morgan fingerprint density at radius 2 is 2.05 bits per heavy atom. The average molecular weight is 257 g/mol. The minimum Gasteiger partial charge on any atom is -0.487 e. The van der Waals surface area contributed by atoms with Crippen LogP contribution in [0.5, 0.6) is 5.75 Å². The zero-order chi connectivity index (χ0) is 13.5. The molecule has 1 N–H and O–H groups in total. The van der Waals surface area contributed by atoms with Crippen LogP contribution in [-0.4, -0.2) is 12.6 Å². The van der Waals surface area contributed by atoms with Crippen molar-refractivity contribution in [1.82, 2.24) is 5.32 Å². The van der Waals surface area contributed by atoms with Gasteiger partial charge in [-0.05, 0) is 56.8 Å². The van der Waals surface area contributed by atoms with Crippen molar-refractivity contribution in [3.05, 3.63) is 41.7 Å². The van der Waals surface area contributed by atoms with E-state index in [1.165, 1.54) is 5.56 Å². The molecule has 0 atom stereocenters. The maximum Gasteiger partial charge on any atom is 0.134 e. The predicted molar refractivity (Wildman–Crippen MR) is 75.3 cm³/mol. The van der Waals surface area contributed by atoms with Gasteiger partial charge >= 0.3 is 0 Å². The molecule has 2 heterocycles. The number of fused-ring (bicyclic) bond motifs is 1. The fourth-order valence-corrected chi connectivity index (χ4v) is 2.57. The van der Waals surface area contributed by atoms with Crippen LogP contribution in [0.15, 0.2) is 34.7 Å². The molecule has 0 saturated carbocycles. The van der Waals surface area contributed by atoms with Gasteiger partial charge in [0, 0.05) is 12.0 Å². The van der Waals surface area contributed by atoms with Crippen LogP contribution in [0.2, 0.25) is 0 Å². The van der Waals surface area contributed by atoms with Gasteiger partial charge in [0.25, 0.3) is 0 Å². The topological polar surface area (TPSA) is 34.4 Å². The molecule has 100 valence electrons. The molecule has 1 aliphatic rings. The molecular formula is C16H19NO2. The molecule has 2 aromatic rings. The van der Waals surface area contributed by atoms with E-state index in [0.29, 0.717) is 0 Å². The summed E-state index contributed by atoms with van der Waals surface area (Å²) in [6, 6.07) is 10.3. The van der Waals surface area contributed by atoms with Crippen LogP contribution < -0.4 is 10.1 Å². The molecule has 0 aliphatic carbocycles. The lowest BCUT2D eigenvalue weighted by atomic mass is 10.00. The lowest BCUT2D eigenvalue weighted by molar-refractivity contribution is 0.138. The minimum atomic E-state index is -0.0958. The van der Waals surface area contributed by atoms with E-state index < -0.39 is 0 Å². The molecule has 1 aromatic heterocycles. The van der Waals surface area contributed by atoms with E-state index in [-0.39, 0.29) is 5.60 Å². The first-order valence-electron chi connectivity index (χ1n) is 6.63. The van der Waals surface area contributed by atoms with Crippen molar-refractivity contribution in [3.63, 3.8) is 0 Å². The van der Waals surface area contributed by atoms with Crippen LogP contribution in [0, 0.1) is 0 Å². The molecular weight excluding hydrogens is 238 g/mol. The van der Waals surface area contributed by atoms with E-state index in [0.717, 1.165) is 35.8 Å². The molecule has 3 rings (SSSR count). The maximum absolute atomic E-state index is 5.89. The number of furan rings is 1. The summed E-state index contributed by atoms with van der Waals surface area (Å²) >= 11 is 0.